The average molecular weight is 426 g/mol. The van der Waals surface area contributed by atoms with E-state index in [1.165, 1.54) is 43.0 Å². The van der Waals surface area contributed by atoms with Crippen molar-refractivity contribution in [2.75, 3.05) is 14.2 Å². The summed E-state index contributed by atoms with van der Waals surface area (Å²) in [5.41, 5.74) is 0. The molecule has 0 aliphatic carbocycles. The molecule has 0 saturated carbocycles. The summed E-state index contributed by atoms with van der Waals surface area (Å²) in [6.45, 7) is 0.116. The van der Waals surface area contributed by atoms with Gasteiger partial charge in [-0.15, -0.1) is 22.7 Å². The highest BCUT2D eigenvalue weighted by atomic mass is 32.2. The lowest BCUT2D eigenvalue weighted by Crippen LogP contribution is -2.23. The molecular formula is C18H19NO5S3. The molecule has 1 atom stereocenters. The maximum Gasteiger partial charge on any atom is 0.244 e. The van der Waals surface area contributed by atoms with Gasteiger partial charge in [0.2, 0.25) is 10.0 Å². The van der Waals surface area contributed by atoms with E-state index in [2.05, 4.69) is 4.72 Å². The minimum Gasteiger partial charge on any atom is -0.497 e. The minimum atomic E-state index is -3.80. The molecule has 2 N–H and O–H groups in total. The second-order valence-electron chi connectivity index (χ2n) is 5.56. The van der Waals surface area contributed by atoms with Crippen molar-refractivity contribution in [2.24, 2.45) is 0 Å². The molecule has 0 aliphatic rings. The highest BCUT2D eigenvalue weighted by molar-refractivity contribution is 7.89. The molecule has 0 aliphatic heterocycles. The molecule has 3 rings (SSSR count). The molecule has 9 heteroatoms. The van der Waals surface area contributed by atoms with E-state index in [0.717, 1.165) is 14.6 Å². The Hall–Kier alpha value is -1.91. The number of hydrogen-bond acceptors (Lipinski definition) is 7. The summed E-state index contributed by atoms with van der Waals surface area (Å²) >= 11 is 2.84. The first-order valence-corrected chi connectivity index (χ1v) is 11.1. The fourth-order valence-corrected chi connectivity index (χ4v) is 5.50. The van der Waals surface area contributed by atoms with Crippen molar-refractivity contribution in [3.05, 3.63) is 62.5 Å². The first-order valence-electron chi connectivity index (χ1n) is 7.96. The quantitative estimate of drug-likeness (QED) is 0.578. The molecule has 6 nitrogen and oxygen atoms in total. The third-order valence-electron chi connectivity index (χ3n) is 3.86. The maximum absolute atomic E-state index is 12.7. The molecule has 0 radical (unpaired) electrons. The number of hydrogen-bond donors (Lipinski definition) is 2. The van der Waals surface area contributed by atoms with E-state index in [-0.39, 0.29) is 17.2 Å². The van der Waals surface area contributed by atoms with Gasteiger partial charge in [-0.05, 0) is 35.7 Å². The number of ether oxygens (including phenoxy) is 2. The van der Waals surface area contributed by atoms with Crippen LogP contribution < -0.4 is 14.2 Å². The Bertz CT molecular complexity index is 996. The van der Waals surface area contributed by atoms with E-state index in [9.17, 15) is 13.5 Å². The molecular weight excluding hydrogens is 406 g/mol. The van der Waals surface area contributed by atoms with Gasteiger partial charge >= 0.3 is 0 Å². The van der Waals surface area contributed by atoms with Crippen LogP contribution in [-0.2, 0) is 16.6 Å². The van der Waals surface area contributed by atoms with Crippen molar-refractivity contribution >= 4 is 32.7 Å². The Kier molecular flexibility index (Phi) is 6.18. The predicted molar refractivity (Wildman–Crippen MR) is 106 cm³/mol. The van der Waals surface area contributed by atoms with E-state index in [1.807, 2.05) is 29.6 Å². The number of nitrogens with one attached hydrogen (secondary N) is 1. The van der Waals surface area contributed by atoms with Crippen LogP contribution in [0.1, 0.15) is 20.7 Å². The summed E-state index contributed by atoms with van der Waals surface area (Å²) in [6.07, 6.45) is -0.696. The van der Waals surface area contributed by atoms with Gasteiger partial charge in [0.1, 0.15) is 22.5 Å². The molecule has 0 amide bonds. The molecule has 27 heavy (non-hydrogen) atoms. The van der Waals surface area contributed by atoms with Gasteiger partial charge in [-0.3, -0.25) is 0 Å². The highest BCUT2D eigenvalue weighted by Crippen LogP contribution is 2.32. The normalized spacial score (nSPS) is 12.7. The largest absolute Gasteiger partial charge is 0.497 e. The van der Waals surface area contributed by atoms with Gasteiger partial charge < -0.3 is 14.6 Å². The van der Waals surface area contributed by atoms with Crippen LogP contribution in [0.5, 0.6) is 11.5 Å². The van der Waals surface area contributed by atoms with Crippen molar-refractivity contribution in [1.29, 1.82) is 0 Å². The van der Waals surface area contributed by atoms with Crippen LogP contribution in [0, 0.1) is 0 Å². The number of rotatable bonds is 8. The molecule has 0 spiro atoms. The third kappa shape index (κ3) is 4.50. The number of methoxy groups -OCH3 is 2. The van der Waals surface area contributed by atoms with E-state index < -0.39 is 16.1 Å². The Morgan fingerprint density at radius 3 is 2.59 bits per heavy atom. The van der Waals surface area contributed by atoms with E-state index >= 15 is 0 Å². The second-order valence-corrected chi connectivity index (χ2v) is 9.48. The maximum atomic E-state index is 12.7. The van der Waals surface area contributed by atoms with Crippen LogP contribution in [0.4, 0.5) is 0 Å². The molecule has 0 saturated heterocycles. The van der Waals surface area contributed by atoms with Crippen molar-refractivity contribution < 1.29 is 23.0 Å². The fourth-order valence-electron chi connectivity index (χ4n) is 2.46. The molecule has 2 aromatic heterocycles. The SMILES string of the molecule is COc1ccc(OC)c(S(=O)(=O)NCc2ccc(C(O)c3cccs3)s2)c1. The zero-order chi connectivity index (χ0) is 19.4. The second kappa shape index (κ2) is 8.41. The summed E-state index contributed by atoms with van der Waals surface area (Å²) in [5.74, 6) is 0.664. The lowest BCUT2D eigenvalue weighted by molar-refractivity contribution is 0.228. The molecule has 0 bridgehead atoms. The molecule has 1 unspecified atom stereocenters. The predicted octanol–water partition coefficient (Wildman–Crippen LogP) is 3.39. The average Bonchev–Trinajstić information content (AvgIpc) is 3.37. The lowest BCUT2D eigenvalue weighted by Gasteiger charge is -2.11. The molecule has 144 valence electrons. The van der Waals surface area contributed by atoms with Crippen LogP contribution in [0.2, 0.25) is 0 Å². The minimum absolute atomic E-state index is 0.0137. The van der Waals surface area contributed by atoms with Crippen LogP contribution in [0.3, 0.4) is 0 Å². The number of benzene rings is 1. The smallest absolute Gasteiger partial charge is 0.244 e. The Balaban J connectivity index is 1.75. The third-order valence-corrected chi connectivity index (χ3v) is 7.35. The summed E-state index contributed by atoms with van der Waals surface area (Å²) in [6, 6.07) is 12.0. The van der Waals surface area contributed by atoms with Gasteiger partial charge in [0, 0.05) is 27.2 Å². The van der Waals surface area contributed by atoms with Crippen LogP contribution in [-0.4, -0.2) is 27.7 Å². The number of aliphatic hydroxyl groups is 1. The Labute approximate surface area is 166 Å². The van der Waals surface area contributed by atoms with E-state index in [4.69, 9.17) is 9.47 Å². The number of aliphatic hydroxyl groups excluding tert-OH is 1. The molecule has 0 fully saturated rings. The van der Waals surface area contributed by atoms with Crippen LogP contribution in [0.25, 0.3) is 0 Å². The summed E-state index contributed by atoms with van der Waals surface area (Å²) in [7, 11) is -0.912. The molecule has 2 heterocycles. The topological polar surface area (TPSA) is 84.9 Å². The van der Waals surface area contributed by atoms with Crippen LogP contribution >= 0.6 is 22.7 Å². The zero-order valence-electron chi connectivity index (χ0n) is 14.7. The van der Waals surface area contributed by atoms with Crippen molar-refractivity contribution in [1.82, 2.24) is 4.72 Å². The van der Waals surface area contributed by atoms with Crippen LogP contribution in [0.15, 0.2) is 52.7 Å². The monoisotopic (exact) mass is 425 g/mol. The summed E-state index contributed by atoms with van der Waals surface area (Å²) < 4.78 is 38.2. The lowest BCUT2D eigenvalue weighted by atomic mass is 10.2. The highest BCUT2D eigenvalue weighted by Gasteiger charge is 2.21. The van der Waals surface area contributed by atoms with E-state index in [0.29, 0.717) is 5.75 Å². The number of thiophene rings is 2. The Morgan fingerprint density at radius 2 is 1.93 bits per heavy atom. The van der Waals surface area contributed by atoms with Gasteiger partial charge in [0.25, 0.3) is 0 Å². The first kappa shape index (κ1) is 19.8. The van der Waals surface area contributed by atoms with Gasteiger partial charge in [-0.2, -0.15) is 0 Å². The van der Waals surface area contributed by atoms with Crippen molar-refractivity contribution in [3.63, 3.8) is 0 Å². The van der Waals surface area contributed by atoms with Gasteiger partial charge in [-0.25, -0.2) is 13.1 Å². The fraction of sp³-hybridized carbons (Fsp3) is 0.222. The molecule has 1 aromatic carbocycles. The van der Waals surface area contributed by atoms with Crippen molar-refractivity contribution in [2.45, 2.75) is 17.5 Å². The summed E-state index contributed by atoms with van der Waals surface area (Å²) in [4.78, 5) is 2.43. The molecule has 3 aromatic rings. The van der Waals surface area contributed by atoms with Crippen molar-refractivity contribution in [3.8, 4) is 11.5 Å². The standard InChI is InChI=1S/C18H19NO5S3/c1-23-12-5-7-14(24-2)17(10-12)27(21,22)19-11-13-6-8-16(26-13)18(20)15-4-3-9-25-15/h3-10,18-20H,11H2,1-2H3. The Morgan fingerprint density at radius 1 is 1.11 bits per heavy atom. The first-order chi connectivity index (χ1) is 12.9. The summed E-state index contributed by atoms with van der Waals surface area (Å²) in [5, 5.41) is 12.3. The van der Waals surface area contributed by atoms with Gasteiger partial charge in [0.15, 0.2) is 0 Å². The van der Waals surface area contributed by atoms with Gasteiger partial charge in [0.05, 0.1) is 14.2 Å². The zero-order valence-corrected chi connectivity index (χ0v) is 17.2. The van der Waals surface area contributed by atoms with Gasteiger partial charge in [-0.1, -0.05) is 6.07 Å². The number of sulfonamides is 1. The van der Waals surface area contributed by atoms with E-state index in [1.54, 1.807) is 12.1 Å².